The van der Waals surface area contributed by atoms with Gasteiger partial charge in [0.2, 0.25) is 0 Å². The van der Waals surface area contributed by atoms with Gasteiger partial charge in [0.05, 0.1) is 12.5 Å². The first-order chi connectivity index (χ1) is 18.1. The van der Waals surface area contributed by atoms with E-state index < -0.39 is 42.2 Å². The predicted molar refractivity (Wildman–Crippen MR) is 144 cm³/mol. The fourth-order valence-corrected chi connectivity index (χ4v) is 4.14. The summed E-state index contributed by atoms with van der Waals surface area (Å²) in [6.45, 7) is 5.40. The largest absolute Gasteiger partial charge is 0.462 e. The molecule has 0 aliphatic carbocycles. The molecule has 0 bridgehead atoms. The average molecular weight is 545 g/mol. The standard InChI is InChI=1S/C29H52O9/c1-5-6-7-8-9-10-11-12-13-14-15-16-17-26(33)18-19-27(37-25(4)32)20-29(34)38-28(21-35-23(2)30)22-36-24(3)31/h26-28,33H,5-22H2,1-4H3/t26-,27+/m0/s1. The van der Waals surface area contributed by atoms with Gasteiger partial charge in [0.25, 0.3) is 0 Å². The van der Waals surface area contributed by atoms with Crippen LogP contribution >= 0.6 is 0 Å². The number of carbonyl (C=O) groups is 4. The van der Waals surface area contributed by atoms with E-state index in [9.17, 15) is 24.3 Å². The summed E-state index contributed by atoms with van der Waals surface area (Å²) in [4.78, 5) is 46.1. The second kappa shape index (κ2) is 23.9. The first kappa shape index (κ1) is 35.8. The van der Waals surface area contributed by atoms with Crippen LogP contribution in [0.25, 0.3) is 0 Å². The Labute approximate surface area is 229 Å². The van der Waals surface area contributed by atoms with E-state index >= 15 is 0 Å². The summed E-state index contributed by atoms with van der Waals surface area (Å²) >= 11 is 0. The van der Waals surface area contributed by atoms with Crippen molar-refractivity contribution >= 4 is 23.9 Å². The van der Waals surface area contributed by atoms with Gasteiger partial charge in [-0.2, -0.15) is 0 Å². The topological polar surface area (TPSA) is 125 Å². The van der Waals surface area contributed by atoms with Crippen molar-refractivity contribution < 1.29 is 43.2 Å². The minimum atomic E-state index is -0.968. The molecule has 1 N–H and O–H groups in total. The summed E-state index contributed by atoms with van der Waals surface area (Å²) < 4.78 is 20.2. The monoisotopic (exact) mass is 544 g/mol. The Morgan fingerprint density at radius 1 is 0.579 bits per heavy atom. The van der Waals surface area contributed by atoms with Crippen LogP contribution in [0, 0.1) is 0 Å². The molecule has 9 nitrogen and oxygen atoms in total. The van der Waals surface area contributed by atoms with Crippen LogP contribution in [0.15, 0.2) is 0 Å². The van der Waals surface area contributed by atoms with Gasteiger partial charge < -0.3 is 24.1 Å². The van der Waals surface area contributed by atoms with Gasteiger partial charge in [0, 0.05) is 20.8 Å². The molecule has 0 unspecified atom stereocenters. The number of aliphatic hydroxyl groups is 1. The molecule has 0 aromatic heterocycles. The molecule has 2 atom stereocenters. The second-order valence-electron chi connectivity index (χ2n) is 10.1. The van der Waals surface area contributed by atoms with Crippen LogP contribution in [0.1, 0.15) is 130 Å². The van der Waals surface area contributed by atoms with Crippen LogP contribution in [0.4, 0.5) is 0 Å². The summed E-state index contributed by atoms with van der Waals surface area (Å²) in [5.41, 5.74) is 0. The van der Waals surface area contributed by atoms with Crippen molar-refractivity contribution in [3.05, 3.63) is 0 Å². The molecule has 0 amide bonds. The number of carbonyl (C=O) groups excluding carboxylic acids is 4. The van der Waals surface area contributed by atoms with E-state index in [1.54, 1.807) is 0 Å². The third-order valence-corrected chi connectivity index (χ3v) is 6.18. The summed E-state index contributed by atoms with van der Waals surface area (Å²) in [7, 11) is 0. The van der Waals surface area contributed by atoms with E-state index in [2.05, 4.69) is 6.92 Å². The molecule has 0 saturated heterocycles. The average Bonchev–Trinajstić information content (AvgIpc) is 2.84. The van der Waals surface area contributed by atoms with Gasteiger partial charge in [0.15, 0.2) is 6.10 Å². The van der Waals surface area contributed by atoms with E-state index in [0.29, 0.717) is 19.3 Å². The second-order valence-corrected chi connectivity index (χ2v) is 10.1. The van der Waals surface area contributed by atoms with E-state index in [4.69, 9.17) is 18.9 Å². The number of hydrogen-bond donors (Lipinski definition) is 1. The molecular formula is C29H52O9. The fourth-order valence-electron chi connectivity index (χ4n) is 4.14. The summed E-state index contributed by atoms with van der Waals surface area (Å²) in [6.07, 6.45) is 14.0. The van der Waals surface area contributed by atoms with Gasteiger partial charge in [0.1, 0.15) is 19.3 Å². The maximum absolute atomic E-state index is 12.4. The Morgan fingerprint density at radius 3 is 1.50 bits per heavy atom. The number of aliphatic hydroxyl groups excluding tert-OH is 1. The minimum absolute atomic E-state index is 0.221. The van der Waals surface area contributed by atoms with Crippen LogP contribution in [0.2, 0.25) is 0 Å². The van der Waals surface area contributed by atoms with E-state index in [0.717, 1.165) is 12.8 Å². The number of unbranched alkanes of at least 4 members (excludes halogenated alkanes) is 11. The van der Waals surface area contributed by atoms with Crippen LogP contribution in [-0.2, 0) is 38.1 Å². The smallest absolute Gasteiger partial charge is 0.310 e. The lowest BCUT2D eigenvalue weighted by Gasteiger charge is -2.21. The van der Waals surface area contributed by atoms with Gasteiger partial charge in [-0.25, -0.2) is 0 Å². The summed E-state index contributed by atoms with van der Waals surface area (Å²) in [6, 6.07) is 0. The number of esters is 4. The lowest BCUT2D eigenvalue weighted by atomic mass is 10.0. The molecular weight excluding hydrogens is 492 g/mol. The first-order valence-corrected chi connectivity index (χ1v) is 14.5. The van der Waals surface area contributed by atoms with E-state index in [1.807, 2.05) is 0 Å². The highest BCUT2D eigenvalue weighted by Gasteiger charge is 2.23. The normalized spacial score (nSPS) is 12.6. The molecule has 0 saturated carbocycles. The number of ether oxygens (including phenoxy) is 4. The van der Waals surface area contributed by atoms with Crippen LogP contribution in [0.5, 0.6) is 0 Å². The van der Waals surface area contributed by atoms with Gasteiger partial charge in [-0.3, -0.25) is 19.2 Å². The van der Waals surface area contributed by atoms with Gasteiger partial charge in [-0.05, 0) is 19.3 Å². The van der Waals surface area contributed by atoms with Crippen LogP contribution in [0.3, 0.4) is 0 Å². The van der Waals surface area contributed by atoms with Gasteiger partial charge >= 0.3 is 23.9 Å². The molecule has 0 rings (SSSR count). The predicted octanol–water partition coefficient (Wildman–Crippen LogP) is 5.58. The molecule has 38 heavy (non-hydrogen) atoms. The number of hydrogen-bond acceptors (Lipinski definition) is 9. The summed E-state index contributed by atoms with van der Waals surface area (Å²) in [5.74, 6) is -2.34. The molecule has 9 heteroatoms. The Bertz CT molecular complexity index is 632. The Hall–Kier alpha value is -2.16. The van der Waals surface area contributed by atoms with E-state index in [-0.39, 0.29) is 19.6 Å². The molecule has 0 heterocycles. The molecule has 0 fully saturated rings. The zero-order valence-electron chi connectivity index (χ0n) is 24.2. The minimum Gasteiger partial charge on any atom is -0.462 e. The molecule has 0 aromatic rings. The zero-order valence-corrected chi connectivity index (χ0v) is 24.2. The lowest BCUT2D eigenvalue weighted by Crippen LogP contribution is -2.32. The maximum Gasteiger partial charge on any atom is 0.310 e. The van der Waals surface area contributed by atoms with Crippen molar-refractivity contribution in [3.63, 3.8) is 0 Å². The lowest BCUT2D eigenvalue weighted by molar-refractivity contribution is -0.169. The van der Waals surface area contributed by atoms with Crippen molar-refractivity contribution in [1.29, 1.82) is 0 Å². The molecule has 0 aliphatic rings. The van der Waals surface area contributed by atoms with Crippen molar-refractivity contribution in [2.24, 2.45) is 0 Å². The van der Waals surface area contributed by atoms with Crippen molar-refractivity contribution in [2.45, 2.75) is 149 Å². The molecule has 0 spiro atoms. The van der Waals surface area contributed by atoms with Crippen molar-refractivity contribution in [1.82, 2.24) is 0 Å². The van der Waals surface area contributed by atoms with E-state index in [1.165, 1.54) is 85.0 Å². The Balaban J connectivity index is 4.24. The van der Waals surface area contributed by atoms with Crippen LogP contribution < -0.4 is 0 Å². The number of rotatable bonds is 24. The summed E-state index contributed by atoms with van der Waals surface area (Å²) in [5, 5.41) is 10.4. The maximum atomic E-state index is 12.4. The SMILES string of the molecule is CCCCCCCCCCCCCC[C@H](O)CC[C@H](CC(=O)OC(COC(C)=O)COC(C)=O)OC(C)=O. The highest BCUT2D eigenvalue weighted by Crippen LogP contribution is 2.17. The highest BCUT2D eigenvalue weighted by molar-refractivity contribution is 5.72. The Kier molecular flexibility index (Phi) is 22.6. The third kappa shape index (κ3) is 24.2. The molecule has 222 valence electrons. The van der Waals surface area contributed by atoms with Gasteiger partial charge in [-0.1, -0.05) is 84.0 Å². The first-order valence-electron chi connectivity index (χ1n) is 14.5. The van der Waals surface area contributed by atoms with Gasteiger partial charge in [-0.15, -0.1) is 0 Å². The molecule has 0 aliphatic heterocycles. The highest BCUT2D eigenvalue weighted by atomic mass is 16.6. The fraction of sp³-hybridized carbons (Fsp3) is 0.862. The quantitative estimate of drug-likeness (QED) is 0.0941. The van der Waals surface area contributed by atoms with Crippen molar-refractivity contribution in [3.8, 4) is 0 Å². The van der Waals surface area contributed by atoms with Crippen LogP contribution in [-0.4, -0.2) is 60.5 Å². The molecule has 0 aromatic carbocycles. The van der Waals surface area contributed by atoms with Crippen molar-refractivity contribution in [2.75, 3.05) is 13.2 Å². The third-order valence-electron chi connectivity index (χ3n) is 6.18. The zero-order chi connectivity index (χ0) is 28.6. The Morgan fingerprint density at radius 2 is 1.05 bits per heavy atom. The molecule has 0 radical (unpaired) electrons.